The van der Waals surface area contributed by atoms with Gasteiger partial charge in [0.1, 0.15) is 0 Å². The number of benzene rings is 1. The Hall–Kier alpha value is -0.890. The summed E-state index contributed by atoms with van der Waals surface area (Å²) >= 11 is 5.88. The average molecular weight is 225 g/mol. The summed E-state index contributed by atoms with van der Waals surface area (Å²) in [5.74, 6) is 1.59. The molecule has 82 valence electrons. The van der Waals surface area contributed by atoms with E-state index in [-0.39, 0.29) is 0 Å². The quantitative estimate of drug-likeness (QED) is 0.783. The van der Waals surface area contributed by atoms with Gasteiger partial charge in [-0.3, -0.25) is 0 Å². The zero-order valence-electron chi connectivity index (χ0n) is 9.20. The second-order valence-corrected chi connectivity index (χ2v) is 5.02. The van der Waals surface area contributed by atoms with Crippen molar-refractivity contribution in [1.82, 2.24) is 0 Å². The zero-order chi connectivity index (χ0) is 11.0. The molecule has 0 aromatic heterocycles. The number of hydrogen-bond acceptors (Lipinski definition) is 2. The monoisotopic (exact) mass is 224 g/mol. The fourth-order valence-electron chi connectivity index (χ4n) is 1.87. The number of anilines is 2. The van der Waals surface area contributed by atoms with Crippen LogP contribution in [0.25, 0.3) is 0 Å². The van der Waals surface area contributed by atoms with Gasteiger partial charge in [-0.1, -0.05) is 25.4 Å². The Balaban J connectivity index is 2.04. The van der Waals surface area contributed by atoms with Crippen LogP contribution in [0, 0.1) is 11.8 Å². The molecule has 0 saturated carbocycles. The highest BCUT2D eigenvalue weighted by Crippen LogP contribution is 2.32. The maximum Gasteiger partial charge on any atom is 0.0636 e. The van der Waals surface area contributed by atoms with Crippen LogP contribution in [0.4, 0.5) is 11.4 Å². The molecule has 2 nitrogen and oxygen atoms in total. The van der Waals surface area contributed by atoms with E-state index in [1.807, 2.05) is 18.2 Å². The lowest BCUT2D eigenvalue weighted by atomic mass is 9.88. The Morgan fingerprint density at radius 1 is 1.40 bits per heavy atom. The molecule has 3 heteroatoms. The predicted octanol–water partition coefficient (Wildman–Crippen LogP) is 3.01. The lowest BCUT2D eigenvalue weighted by molar-refractivity contribution is 0.310. The van der Waals surface area contributed by atoms with Crippen LogP contribution in [0.1, 0.15) is 13.8 Å². The van der Waals surface area contributed by atoms with Crippen LogP contribution >= 0.6 is 11.6 Å². The first kappa shape index (κ1) is 10.6. The van der Waals surface area contributed by atoms with Gasteiger partial charge in [-0.25, -0.2) is 0 Å². The summed E-state index contributed by atoms with van der Waals surface area (Å²) in [6.07, 6.45) is 0. The summed E-state index contributed by atoms with van der Waals surface area (Å²) in [6.45, 7) is 6.83. The summed E-state index contributed by atoms with van der Waals surface area (Å²) in [7, 11) is 0. The van der Waals surface area contributed by atoms with Crippen molar-refractivity contribution in [2.24, 2.45) is 11.8 Å². The minimum Gasteiger partial charge on any atom is -0.397 e. The molecule has 1 aromatic carbocycles. The molecule has 1 aliphatic rings. The minimum absolute atomic E-state index is 0.639. The fourth-order valence-corrected chi connectivity index (χ4v) is 1.99. The summed E-state index contributed by atoms with van der Waals surface area (Å²) in [6, 6.07) is 5.86. The lowest BCUT2D eigenvalue weighted by Gasteiger charge is -2.43. The van der Waals surface area contributed by atoms with Crippen LogP contribution in [0.3, 0.4) is 0 Å². The third-order valence-corrected chi connectivity index (χ3v) is 3.54. The molecule has 0 bridgehead atoms. The van der Waals surface area contributed by atoms with E-state index in [9.17, 15) is 0 Å². The highest BCUT2D eigenvalue weighted by atomic mass is 35.5. The number of nitrogens with two attached hydrogens (primary N) is 1. The molecular weight excluding hydrogens is 208 g/mol. The van der Waals surface area contributed by atoms with Crippen molar-refractivity contribution in [3.63, 3.8) is 0 Å². The topological polar surface area (TPSA) is 29.3 Å². The first-order chi connectivity index (χ1) is 7.08. The molecule has 1 aromatic rings. The van der Waals surface area contributed by atoms with Crippen LogP contribution in [-0.4, -0.2) is 13.1 Å². The number of hydrogen-bond donors (Lipinski definition) is 1. The summed E-state index contributed by atoms with van der Waals surface area (Å²) in [4.78, 5) is 2.34. The maximum atomic E-state index is 5.88. The van der Waals surface area contributed by atoms with E-state index in [0.29, 0.717) is 10.7 Å². The highest BCUT2D eigenvalue weighted by Gasteiger charge is 2.29. The van der Waals surface area contributed by atoms with E-state index in [0.717, 1.165) is 24.9 Å². The van der Waals surface area contributed by atoms with E-state index in [2.05, 4.69) is 18.7 Å². The largest absolute Gasteiger partial charge is 0.397 e. The van der Waals surface area contributed by atoms with Gasteiger partial charge in [0.15, 0.2) is 0 Å². The van der Waals surface area contributed by atoms with Gasteiger partial charge < -0.3 is 10.6 Å². The second kappa shape index (κ2) is 3.93. The minimum atomic E-state index is 0.639. The van der Waals surface area contributed by atoms with Gasteiger partial charge in [-0.05, 0) is 30.0 Å². The van der Waals surface area contributed by atoms with Crippen molar-refractivity contribution < 1.29 is 0 Å². The Kier molecular flexibility index (Phi) is 2.79. The normalized spacial score (nSPS) is 16.9. The molecule has 0 spiro atoms. The molecule has 1 heterocycles. The van der Waals surface area contributed by atoms with Crippen LogP contribution < -0.4 is 10.6 Å². The molecule has 0 unspecified atom stereocenters. The molecule has 1 fully saturated rings. The summed E-state index contributed by atoms with van der Waals surface area (Å²) < 4.78 is 0. The third-order valence-electron chi connectivity index (χ3n) is 3.20. The molecule has 15 heavy (non-hydrogen) atoms. The average Bonchev–Trinajstić information content (AvgIpc) is 2.08. The van der Waals surface area contributed by atoms with Crippen molar-refractivity contribution in [3.8, 4) is 0 Å². The van der Waals surface area contributed by atoms with Crippen molar-refractivity contribution in [1.29, 1.82) is 0 Å². The third kappa shape index (κ3) is 2.05. The molecule has 0 amide bonds. The molecule has 1 saturated heterocycles. The van der Waals surface area contributed by atoms with E-state index in [1.165, 1.54) is 5.69 Å². The van der Waals surface area contributed by atoms with Crippen molar-refractivity contribution in [2.45, 2.75) is 13.8 Å². The lowest BCUT2D eigenvalue weighted by Crippen LogP contribution is -2.49. The molecular formula is C12H17ClN2. The Bertz CT molecular complexity index is 357. The smallest absolute Gasteiger partial charge is 0.0636 e. The van der Waals surface area contributed by atoms with E-state index >= 15 is 0 Å². The summed E-state index contributed by atoms with van der Waals surface area (Å²) in [5, 5.41) is 0.639. The van der Waals surface area contributed by atoms with Gasteiger partial charge in [-0.2, -0.15) is 0 Å². The van der Waals surface area contributed by atoms with Crippen LogP contribution in [0.15, 0.2) is 18.2 Å². The SMILES string of the molecule is CC(C)C1CN(c2ccc(Cl)c(N)c2)C1. The van der Waals surface area contributed by atoms with Gasteiger partial charge in [0, 0.05) is 18.8 Å². The van der Waals surface area contributed by atoms with E-state index < -0.39 is 0 Å². The number of nitrogens with zero attached hydrogens (tertiary/aromatic N) is 1. The van der Waals surface area contributed by atoms with Crippen molar-refractivity contribution in [2.75, 3.05) is 23.7 Å². The standard InChI is InChI=1S/C12H17ClN2/c1-8(2)9-6-15(7-9)10-3-4-11(13)12(14)5-10/h3-5,8-9H,6-7,14H2,1-2H3. The number of rotatable bonds is 2. The van der Waals surface area contributed by atoms with Crippen LogP contribution in [0.2, 0.25) is 5.02 Å². The molecule has 1 aliphatic heterocycles. The van der Waals surface area contributed by atoms with Gasteiger partial charge in [0.05, 0.1) is 10.7 Å². The Labute approximate surface area is 96.0 Å². The number of halogens is 1. The molecule has 2 N–H and O–H groups in total. The van der Waals surface area contributed by atoms with Gasteiger partial charge in [-0.15, -0.1) is 0 Å². The van der Waals surface area contributed by atoms with Gasteiger partial charge in [0.25, 0.3) is 0 Å². The molecule has 2 rings (SSSR count). The van der Waals surface area contributed by atoms with Crippen LogP contribution in [0.5, 0.6) is 0 Å². The highest BCUT2D eigenvalue weighted by molar-refractivity contribution is 6.33. The van der Waals surface area contributed by atoms with Crippen molar-refractivity contribution >= 4 is 23.0 Å². The van der Waals surface area contributed by atoms with Crippen LogP contribution in [-0.2, 0) is 0 Å². The Morgan fingerprint density at radius 2 is 2.07 bits per heavy atom. The van der Waals surface area contributed by atoms with Gasteiger partial charge in [0.2, 0.25) is 0 Å². The van der Waals surface area contributed by atoms with E-state index in [4.69, 9.17) is 17.3 Å². The molecule has 0 aliphatic carbocycles. The Morgan fingerprint density at radius 3 is 2.60 bits per heavy atom. The fraction of sp³-hybridized carbons (Fsp3) is 0.500. The van der Waals surface area contributed by atoms with E-state index in [1.54, 1.807) is 0 Å². The first-order valence-electron chi connectivity index (χ1n) is 5.38. The first-order valence-corrected chi connectivity index (χ1v) is 5.75. The molecule has 0 atom stereocenters. The number of nitrogen functional groups attached to an aromatic ring is 1. The zero-order valence-corrected chi connectivity index (χ0v) is 9.96. The summed E-state index contributed by atoms with van der Waals surface area (Å²) in [5.41, 5.74) is 7.63. The van der Waals surface area contributed by atoms with Gasteiger partial charge >= 0.3 is 0 Å². The van der Waals surface area contributed by atoms with Crippen molar-refractivity contribution in [3.05, 3.63) is 23.2 Å². The maximum absolute atomic E-state index is 5.88. The predicted molar refractivity (Wildman–Crippen MR) is 66.4 cm³/mol. The second-order valence-electron chi connectivity index (χ2n) is 4.61. The molecule has 0 radical (unpaired) electrons.